The fraction of sp³-hybridized carbons (Fsp3) is 0.167. The average Bonchev–Trinajstić information content (AvgIpc) is 2.86. The Hall–Kier alpha value is -1.31. The van der Waals surface area contributed by atoms with E-state index in [1.54, 1.807) is 11.4 Å². The largest absolute Gasteiger partial charge is 0.252 e. The van der Waals surface area contributed by atoms with E-state index in [9.17, 15) is 17.2 Å². The van der Waals surface area contributed by atoms with Crippen molar-refractivity contribution in [3.8, 4) is 0 Å². The number of halogens is 2. The van der Waals surface area contributed by atoms with Crippen molar-refractivity contribution in [2.75, 3.05) is 7.05 Å². The number of benzene rings is 1. The second-order valence-corrected chi connectivity index (χ2v) is 7.15. The first-order chi connectivity index (χ1) is 8.91. The van der Waals surface area contributed by atoms with Crippen LogP contribution in [0.3, 0.4) is 0 Å². The van der Waals surface area contributed by atoms with Crippen molar-refractivity contribution in [3.63, 3.8) is 0 Å². The van der Waals surface area contributed by atoms with Gasteiger partial charge in [0.05, 0.1) is 0 Å². The van der Waals surface area contributed by atoms with Gasteiger partial charge in [0.25, 0.3) is 10.0 Å². The number of hydrogen-bond acceptors (Lipinski definition) is 3. The maximum atomic E-state index is 13.5. The topological polar surface area (TPSA) is 37.4 Å². The molecule has 102 valence electrons. The van der Waals surface area contributed by atoms with Crippen LogP contribution in [0.15, 0.2) is 39.9 Å². The van der Waals surface area contributed by atoms with Gasteiger partial charge in [0.1, 0.15) is 15.8 Å². The highest BCUT2D eigenvalue weighted by Gasteiger charge is 2.22. The molecule has 1 heterocycles. The molecule has 0 saturated heterocycles. The molecule has 0 spiro atoms. The summed E-state index contributed by atoms with van der Waals surface area (Å²) in [5.74, 6) is -1.45. The maximum absolute atomic E-state index is 13.5. The van der Waals surface area contributed by atoms with Gasteiger partial charge in [0, 0.05) is 25.2 Å². The first kappa shape index (κ1) is 14.1. The zero-order chi connectivity index (χ0) is 14.0. The molecule has 0 aliphatic heterocycles. The Bertz CT molecular complexity index is 669. The lowest BCUT2D eigenvalue weighted by molar-refractivity contribution is 0.456. The number of rotatable bonds is 4. The standard InChI is InChI=1S/C12H11F2NO2S2/c1-15(19(16,17)12-3-2-6-18-12)8-9-4-5-10(13)7-11(9)14/h2-7H,8H2,1H3. The molecule has 0 amide bonds. The Morgan fingerprint density at radius 1 is 1.26 bits per heavy atom. The molecule has 7 heteroatoms. The van der Waals surface area contributed by atoms with Crippen molar-refractivity contribution >= 4 is 21.4 Å². The second kappa shape index (κ2) is 5.36. The molecule has 0 bridgehead atoms. The van der Waals surface area contributed by atoms with Crippen LogP contribution in [0, 0.1) is 11.6 Å². The molecule has 1 aromatic heterocycles. The predicted octanol–water partition coefficient (Wildman–Crippen LogP) is 2.85. The first-order valence-corrected chi connectivity index (χ1v) is 7.67. The van der Waals surface area contributed by atoms with Gasteiger partial charge in [-0.3, -0.25) is 0 Å². The number of thiophene rings is 1. The number of hydrogen-bond donors (Lipinski definition) is 0. The van der Waals surface area contributed by atoms with Crippen LogP contribution in [0.2, 0.25) is 0 Å². The van der Waals surface area contributed by atoms with Gasteiger partial charge in [-0.05, 0) is 17.5 Å². The summed E-state index contributed by atoms with van der Waals surface area (Å²) in [6.07, 6.45) is 0. The third-order valence-corrected chi connectivity index (χ3v) is 5.74. The van der Waals surface area contributed by atoms with Crippen molar-refractivity contribution in [1.82, 2.24) is 4.31 Å². The molecule has 0 aliphatic carbocycles. The summed E-state index contributed by atoms with van der Waals surface area (Å²) in [5, 5.41) is 1.65. The van der Waals surface area contributed by atoms with Crippen LogP contribution in [0.4, 0.5) is 8.78 Å². The summed E-state index contributed by atoms with van der Waals surface area (Å²) in [7, 11) is -2.27. The molecule has 2 rings (SSSR count). The van der Waals surface area contributed by atoms with E-state index < -0.39 is 21.7 Å². The molecule has 0 atom stereocenters. The molecule has 0 N–H and O–H groups in total. The summed E-state index contributed by atoms with van der Waals surface area (Å²) in [4.78, 5) is 0. The van der Waals surface area contributed by atoms with E-state index in [0.717, 1.165) is 27.8 Å². The lowest BCUT2D eigenvalue weighted by Gasteiger charge is -2.16. The van der Waals surface area contributed by atoms with Crippen molar-refractivity contribution in [3.05, 3.63) is 52.9 Å². The van der Waals surface area contributed by atoms with Crippen LogP contribution in [-0.4, -0.2) is 19.8 Å². The molecule has 0 fully saturated rings. The van der Waals surface area contributed by atoms with Gasteiger partial charge in [0.2, 0.25) is 0 Å². The maximum Gasteiger partial charge on any atom is 0.252 e. The van der Waals surface area contributed by atoms with Gasteiger partial charge in [-0.15, -0.1) is 11.3 Å². The highest BCUT2D eigenvalue weighted by Crippen LogP contribution is 2.22. The molecule has 0 saturated carbocycles. The SMILES string of the molecule is CN(Cc1ccc(F)cc1F)S(=O)(=O)c1cccs1. The van der Waals surface area contributed by atoms with Gasteiger partial charge in [-0.25, -0.2) is 17.2 Å². The lowest BCUT2D eigenvalue weighted by atomic mass is 10.2. The predicted molar refractivity (Wildman–Crippen MR) is 69.3 cm³/mol. The molecule has 2 aromatic rings. The fourth-order valence-electron chi connectivity index (χ4n) is 1.54. The summed E-state index contributed by atoms with van der Waals surface area (Å²) in [5.41, 5.74) is 0.129. The summed E-state index contributed by atoms with van der Waals surface area (Å²) < 4.78 is 51.7. The molecular formula is C12H11F2NO2S2. The van der Waals surface area contributed by atoms with Crippen LogP contribution >= 0.6 is 11.3 Å². The van der Waals surface area contributed by atoms with Crippen LogP contribution in [-0.2, 0) is 16.6 Å². The Morgan fingerprint density at radius 2 is 2.00 bits per heavy atom. The molecule has 1 aromatic carbocycles. The molecule has 19 heavy (non-hydrogen) atoms. The van der Waals surface area contributed by atoms with Crippen LogP contribution in [0.5, 0.6) is 0 Å². The van der Waals surface area contributed by atoms with Gasteiger partial charge < -0.3 is 0 Å². The summed E-state index contributed by atoms with van der Waals surface area (Å²) >= 11 is 1.09. The van der Waals surface area contributed by atoms with E-state index in [0.29, 0.717) is 0 Å². The van der Waals surface area contributed by atoms with Gasteiger partial charge >= 0.3 is 0 Å². The lowest BCUT2D eigenvalue weighted by Crippen LogP contribution is -2.26. The third-order valence-electron chi connectivity index (χ3n) is 2.57. The second-order valence-electron chi connectivity index (χ2n) is 3.93. The van der Waals surface area contributed by atoms with Gasteiger partial charge in [-0.1, -0.05) is 12.1 Å². The molecular weight excluding hydrogens is 292 g/mol. The van der Waals surface area contributed by atoms with Crippen molar-refractivity contribution < 1.29 is 17.2 Å². The zero-order valence-corrected chi connectivity index (χ0v) is 11.6. The van der Waals surface area contributed by atoms with Gasteiger partial charge in [-0.2, -0.15) is 4.31 Å². The third kappa shape index (κ3) is 2.99. The van der Waals surface area contributed by atoms with Crippen molar-refractivity contribution in [2.45, 2.75) is 10.8 Å². The zero-order valence-electron chi connectivity index (χ0n) is 10.0. The highest BCUT2D eigenvalue weighted by molar-refractivity contribution is 7.91. The Kier molecular flexibility index (Phi) is 3.98. The van der Waals surface area contributed by atoms with E-state index in [-0.39, 0.29) is 16.3 Å². The van der Waals surface area contributed by atoms with E-state index in [2.05, 4.69) is 0 Å². The monoisotopic (exact) mass is 303 g/mol. The minimum Gasteiger partial charge on any atom is -0.207 e. The molecule has 0 unspecified atom stereocenters. The van der Waals surface area contributed by atoms with Crippen LogP contribution in [0.25, 0.3) is 0 Å². The van der Waals surface area contributed by atoms with Crippen LogP contribution < -0.4 is 0 Å². The quantitative estimate of drug-likeness (QED) is 0.871. The smallest absolute Gasteiger partial charge is 0.207 e. The Morgan fingerprint density at radius 3 is 2.58 bits per heavy atom. The molecule has 3 nitrogen and oxygen atoms in total. The first-order valence-electron chi connectivity index (χ1n) is 5.35. The highest BCUT2D eigenvalue weighted by atomic mass is 32.2. The van der Waals surface area contributed by atoms with E-state index in [1.165, 1.54) is 19.2 Å². The van der Waals surface area contributed by atoms with E-state index >= 15 is 0 Å². The number of sulfonamides is 1. The minimum atomic E-state index is -3.63. The van der Waals surface area contributed by atoms with Gasteiger partial charge in [0.15, 0.2) is 0 Å². The van der Waals surface area contributed by atoms with Crippen molar-refractivity contribution in [1.29, 1.82) is 0 Å². The summed E-state index contributed by atoms with van der Waals surface area (Å²) in [6, 6.07) is 6.19. The van der Waals surface area contributed by atoms with E-state index in [1.807, 2.05) is 0 Å². The Labute approximate surface area is 114 Å². The fourth-order valence-corrected chi connectivity index (χ4v) is 3.89. The minimum absolute atomic E-state index is 0.129. The normalized spacial score (nSPS) is 12.0. The Balaban J connectivity index is 2.24. The average molecular weight is 303 g/mol. The molecule has 0 radical (unpaired) electrons. The van der Waals surface area contributed by atoms with E-state index in [4.69, 9.17) is 0 Å². The van der Waals surface area contributed by atoms with Crippen LogP contribution in [0.1, 0.15) is 5.56 Å². The summed E-state index contributed by atoms with van der Waals surface area (Å²) in [6.45, 7) is -0.146. The van der Waals surface area contributed by atoms with Crippen molar-refractivity contribution in [2.24, 2.45) is 0 Å². The molecule has 0 aliphatic rings. The number of nitrogens with zero attached hydrogens (tertiary/aromatic N) is 1.